The second kappa shape index (κ2) is 6.41. The molecule has 2 aromatic rings. The molecule has 3 rings (SSSR count). The zero-order valence-electron chi connectivity index (χ0n) is 10.8. The first kappa shape index (κ1) is 13.6. The lowest BCUT2D eigenvalue weighted by molar-refractivity contribution is 0.112. The number of benzene rings is 2. The maximum Gasteiger partial charge on any atom is 0.150 e. The predicted molar refractivity (Wildman–Crippen MR) is 75.4 cm³/mol. The molecule has 0 radical (unpaired) electrons. The van der Waals surface area contributed by atoms with Crippen LogP contribution in [0.1, 0.15) is 10.4 Å². The Labute approximate surface area is 116 Å². The minimum Gasteiger partial charge on any atom is -0.455 e. The first-order chi connectivity index (χ1) is 9.28. The number of hydrogen-bond acceptors (Lipinski definition) is 4. The van der Waals surface area contributed by atoms with Gasteiger partial charge in [-0.1, -0.05) is 23.9 Å². The van der Waals surface area contributed by atoms with Crippen LogP contribution in [0.2, 0.25) is 0 Å². The maximum atomic E-state index is 10.7. The first-order valence-corrected chi connectivity index (χ1v) is 6.54. The van der Waals surface area contributed by atoms with Crippen LogP contribution in [0.5, 0.6) is 11.5 Å². The molecule has 1 aliphatic heterocycles. The van der Waals surface area contributed by atoms with Gasteiger partial charge in [0.15, 0.2) is 0 Å². The summed E-state index contributed by atoms with van der Waals surface area (Å²) in [4.78, 5) is 12.8. The van der Waals surface area contributed by atoms with Crippen molar-refractivity contribution in [2.45, 2.75) is 9.79 Å². The fourth-order valence-corrected chi connectivity index (χ4v) is 2.62. The van der Waals surface area contributed by atoms with Crippen molar-refractivity contribution in [1.29, 1.82) is 0 Å². The summed E-state index contributed by atoms with van der Waals surface area (Å²) in [5.41, 5.74) is 0.675. The van der Waals surface area contributed by atoms with Crippen LogP contribution in [0.3, 0.4) is 0 Å². The molecule has 0 spiro atoms. The van der Waals surface area contributed by atoms with Crippen LogP contribution in [0.25, 0.3) is 0 Å². The number of ether oxygens (including phenoxy) is 2. The molecule has 0 saturated heterocycles. The molecule has 0 bridgehead atoms. The summed E-state index contributed by atoms with van der Waals surface area (Å²) in [6.45, 7) is 0. The molecule has 0 saturated carbocycles. The van der Waals surface area contributed by atoms with Crippen molar-refractivity contribution >= 4 is 18.0 Å². The van der Waals surface area contributed by atoms with E-state index in [1.165, 1.54) is 0 Å². The largest absolute Gasteiger partial charge is 0.455 e. The number of carbonyl (C=O) groups excluding carboxylic acids is 1. The van der Waals surface area contributed by atoms with E-state index in [4.69, 9.17) is 4.74 Å². The Kier molecular flexibility index (Phi) is 4.60. The topological polar surface area (TPSA) is 35.5 Å². The molecule has 0 aromatic heterocycles. The van der Waals surface area contributed by atoms with Gasteiger partial charge in [-0.25, -0.2) is 0 Å². The lowest BCUT2D eigenvalue weighted by Gasteiger charge is -2.19. The molecule has 1 aliphatic rings. The van der Waals surface area contributed by atoms with E-state index in [-0.39, 0.29) is 0 Å². The van der Waals surface area contributed by atoms with Gasteiger partial charge in [0.05, 0.1) is 9.79 Å². The molecule has 2 aromatic carbocycles. The number of carbonyl (C=O) groups is 1. The summed E-state index contributed by atoms with van der Waals surface area (Å²) in [7, 11) is 3.25. The number of fused-ring (bicyclic) bond motifs is 2. The minimum absolute atomic E-state index is 0.675. The van der Waals surface area contributed by atoms with Crippen molar-refractivity contribution in [3.8, 4) is 11.5 Å². The smallest absolute Gasteiger partial charge is 0.150 e. The number of hydrogen-bond donors (Lipinski definition) is 0. The highest BCUT2D eigenvalue weighted by Crippen LogP contribution is 2.46. The van der Waals surface area contributed by atoms with Gasteiger partial charge in [0.25, 0.3) is 0 Å². The molecule has 0 N–H and O–H groups in total. The molecule has 1 heterocycles. The Hall–Kier alpha value is -1.78. The summed E-state index contributed by atoms with van der Waals surface area (Å²) in [6.07, 6.45) is 0.849. The normalized spacial score (nSPS) is 11.3. The zero-order chi connectivity index (χ0) is 13.7. The van der Waals surface area contributed by atoms with Gasteiger partial charge in [0, 0.05) is 19.8 Å². The Bertz CT molecular complexity index is 581. The highest BCUT2D eigenvalue weighted by molar-refractivity contribution is 7.99. The van der Waals surface area contributed by atoms with E-state index in [2.05, 4.69) is 4.74 Å². The number of para-hydroxylation sites is 1. The van der Waals surface area contributed by atoms with Gasteiger partial charge in [-0.3, -0.25) is 4.79 Å². The molecule has 0 atom stereocenters. The van der Waals surface area contributed by atoms with Crippen molar-refractivity contribution in [3.05, 3.63) is 48.0 Å². The average Bonchev–Trinajstić information content (AvgIpc) is 2.45. The number of rotatable bonds is 1. The quantitative estimate of drug-likeness (QED) is 0.628. The fourth-order valence-electron chi connectivity index (χ4n) is 1.62. The van der Waals surface area contributed by atoms with E-state index in [0.717, 1.165) is 27.6 Å². The Morgan fingerprint density at radius 3 is 2.47 bits per heavy atom. The van der Waals surface area contributed by atoms with Gasteiger partial charge in [0.1, 0.15) is 17.8 Å². The van der Waals surface area contributed by atoms with E-state index in [0.29, 0.717) is 5.56 Å². The summed E-state index contributed by atoms with van der Waals surface area (Å²) in [6, 6.07) is 13.3. The summed E-state index contributed by atoms with van der Waals surface area (Å²) < 4.78 is 9.99. The van der Waals surface area contributed by atoms with Crippen molar-refractivity contribution in [3.63, 3.8) is 0 Å². The van der Waals surface area contributed by atoms with Crippen molar-refractivity contribution in [2.75, 3.05) is 14.2 Å². The molecular formula is C15H14O3S. The van der Waals surface area contributed by atoms with E-state index in [9.17, 15) is 4.79 Å². The van der Waals surface area contributed by atoms with Gasteiger partial charge >= 0.3 is 0 Å². The molecule has 3 nitrogen and oxygen atoms in total. The Balaban J connectivity index is 0.000000408. The molecular weight excluding hydrogens is 260 g/mol. The van der Waals surface area contributed by atoms with Crippen LogP contribution < -0.4 is 4.74 Å². The Morgan fingerprint density at radius 1 is 1.05 bits per heavy atom. The molecule has 0 amide bonds. The van der Waals surface area contributed by atoms with Crippen LogP contribution in [-0.4, -0.2) is 20.5 Å². The molecule has 0 aliphatic carbocycles. The van der Waals surface area contributed by atoms with Gasteiger partial charge in [-0.2, -0.15) is 0 Å². The van der Waals surface area contributed by atoms with Crippen LogP contribution in [-0.2, 0) is 4.74 Å². The molecule has 98 valence electrons. The second-order valence-corrected chi connectivity index (χ2v) is 4.97. The van der Waals surface area contributed by atoms with E-state index >= 15 is 0 Å². The number of methoxy groups -OCH3 is 1. The molecule has 0 unspecified atom stereocenters. The minimum atomic E-state index is 0.675. The van der Waals surface area contributed by atoms with Gasteiger partial charge in [-0.15, -0.1) is 0 Å². The summed E-state index contributed by atoms with van der Waals surface area (Å²) >= 11 is 1.63. The lowest BCUT2D eigenvalue weighted by atomic mass is 10.2. The first-order valence-electron chi connectivity index (χ1n) is 5.72. The SMILES string of the molecule is COC.O=Cc1ccc2c(c1)Sc1ccccc1O2. The van der Waals surface area contributed by atoms with Gasteiger partial charge in [-0.05, 0) is 30.3 Å². The summed E-state index contributed by atoms with van der Waals surface area (Å²) in [5, 5.41) is 0. The molecule has 19 heavy (non-hydrogen) atoms. The number of aldehydes is 1. The van der Waals surface area contributed by atoms with E-state index in [1.807, 2.05) is 36.4 Å². The predicted octanol–water partition coefficient (Wildman–Crippen LogP) is 4.02. The monoisotopic (exact) mass is 274 g/mol. The van der Waals surface area contributed by atoms with Crippen LogP contribution in [0, 0.1) is 0 Å². The zero-order valence-corrected chi connectivity index (χ0v) is 11.6. The highest BCUT2D eigenvalue weighted by Gasteiger charge is 2.17. The molecule has 0 fully saturated rings. The van der Waals surface area contributed by atoms with Crippen LogP contribution in [0.15, 0.2) is 52.3 Å². The summed E-state index contributed by atoms with van der Waals surface area (Å²) in [5.74, 6) is 1.69. The Morgan fingerprint density at radius 2 is 1.74 bits per heavy atom. The van der Waals surface area contributed by atoms with E-state index in [1.54, 1.807) is 32.0 Å². The van der Waals surface area contributed by atoms with Crippen molar-refractivity contribution in [2.24, 2.45) is 0 Å². The molecule has 4 heteroatoms. The maximum absolute atomic E-state index is 10.7. The van der Waals surface area contributed by atoms with Crippen LogP contribution in [0.4, 0.5) is 0 Å². The third kappa shape index (κ3) is 3.16. The third-order valence-electron chi connectivity index (χ3n) is 2.39. The fraction of sp³-hybridized carbons (Fsp3) is 0.133. The van der Waals surface area contributed by atoms with Crippen molar-refractivity contribution < 1.29 is 14.3 Å². The van der Waals surface area contributed by atoms with Gasteiger partial charge in [0.2, 0.25) is 0 Å². The van der Waals surface area contributed by atoms with Crippen molar-refractivity contribution in [1.82, 2.24) is 0 Å². The highest BCUT2D eigenvalue weighted by atomic mass is 32.2. The second-order valence-electron chi connectivity index (χ2n) is 3.88. The van der Waals surface area contributed by atoms with Crippen LogP contribution >= 0.6 is 11.8 Å². The lowest BCUT2D eigenvalue weighted by Crippen LogP contribution is -1.95. The average molecular weight is 274 g/mol. The third-order valence-corrected chi connectivity index (χ3v) is 3.49. The standard InChI is InChI=1S/C13H8O2S.C2H6O/c14-8-9-5-6-11-13(7-9)16-12-4-2-1-3-10(12)15-11;1-3-2/h1-8H;1-2H3. The van der Waals surface area contributed by atoms with Gasteiger partial charge < -0.3 is 9.47 Å². The van der Waals surface area contributed by atoms with E-state index < -0.39 is 0 Å².